The van der Waals surface area contributed by atoms with Gasteiger partial charge in [0, 0.05) is 11.6 Å². The van der Waals surface area contributed by atoms with E-state index in [2.05, 4.69) is 13.0 Å². The highest BCUT2D eigenvalue weighted by molar-refractivity contribution is 5.91. The number of rotatable bonds is 7. The fraction of sp³-hybridized carbons (Fsp3) is 0.214. The molecule has 6 heteroatoms. The molecule has 172 valence electrons. The van der Waals surface area contributed by atoms with Crippen molar-refractivity contribution < 1.29 is 19.0 Å². The lowest BCUT2D eigenvalue weighted by Gasteiger charge is -2.26. The molecule has 1 heterocycles. The number of benzene rings is 3. The number of nitrogens with zero attached hydrogens (tertiary/aromatic N) is 1. The molecular weight excluding hydrogens is 428 g/mol. The lowest BCUT2D eigenvalue weighted by molar-refractivity contribution is 0.0734. The van der Waals surface area contributed by atoms with Gasteiger partial charge in [-0.05, 0) is 49.2 Å². The second-order valence-corrected chi connectivity index (χ2v) is 8.15. The summed E-state index contributed by atoms with van der Waals surface area (Å²) in [4.78, 5) is 12.6. The molecule has 0 saturated carbocycles. The Kier molecular flexibility index (Phi) is 6.84. The van der Waals surface area contributed by atoms with Gasteiger partial charge in [-0.3, -0.25) is 0 Å². The van der Waals surface area contributed by atoms with Crippen LogP contribution in [0.1, 0.15) is 52.7 Å². The largest absolute Gasteiger partial charge is 0.494 e. The average Bonchev–Trinajstić information content (AvgIpc) is 2.84. The van der Waals surface area contributed by atoms with E-state index in [0.29, 0.717) is 29.2 Å². The summed E-state index contributed by atoms with van der Waals surface area (Å²) in [5.74, 6) is 0.718. The first-order chi connectivity index (χ1) is 16.5. The van der Waals surface area contributed by atoms with Crippen molar-refractivity contribution >= 4 is 5.97 Å². The van der Waals surface area contributed by atoms with E-state index in [0.717, 1.165) is 35.3 Å². The predicted octanol–water partition coefficient (Wildman–Crippen LogP) is 5.61. The summed E-state index contributed by atoms with van der Waals surface area (Å²) in [6.07, 6.45) is 2.05. The maximum Gasteiger partial charge on any atom is 0.343 e. The van der Waals surface area contributed by atoms with E-state index >= 15 is 0 Å². The number of fused-ring (bicyclic) bond motifs is 1. The van der Waals surface area contributed by atoms with Crippen LogP contribution in [0.3, 0.4) is 0 Å². The average molecular weight is 455 g/mol. The second-order valence-electron chi connectivity index (χ2n) is 8.15. The van der Waals surface area contributed by atoms with E-state index in [1.165, 1.54) is 0 Å². The minimum Gasteiger partial charge on any atom is -0.494 e. The number of aryl methyl sites for hydroxylation is 1. The Bertz CT molecular complexity index is 1270. The molecule has 0 spiro atoms. The van der Waals surface area contributed by atoms with E-state index in [1.807, 2.05) is 43.3 Å². The summed E-state index contributed by atoms with van der Waals surface area (Å²) in [5.41, 5.74) is 9.51. The Balaban J connectivity index is 1.61. The van der Waals surface area contributed by atoms with E-state index < -0.39 is 11.9 Å². The van der Waals surface area contributed by atoms with Crippen LogP contribution in [0.2, 0.25) is 0 Å². The van der Waals surface area contributed by atoms with Gasteiger partial charge in [0.25, 0.3) is 0 Å². The van der Waals surface area contributed by atoms with Gasteiger partial charge in [-0.25, -0.2) is 4.79 Å². The minimum atomic E-state index is -0.462. The van der Waals surface area contributed by atoms with Gasteiger partial charge in [0.1, 0.15) is 28.9 Å². The van der Waals surface area contributed by atoms with Gasteiger partial charge in [-0.15, -0.1) is 0 Å². The fourth-order valence-electron chi connectivity index (χ4n) is 3.87. The molecular formula is C28H26N2O4. The molecule has 1 atom stereocenters. The normalized spacial score (nSPS) is 14.6. The maximum absolute atomic E-state index is 12.6. The monoisotopic (exact) mass is 454 g/mol. The zero-order chi connectivity index (χ0) is 24.1. The van der Waals surface area contributed by atoms with Gasteiger partial charge in [0.15, 0.2) is 0 Å². The van der Waals surface area contributed by atoms with Crippen molar-refractivity contribution in [2.75, 3.05) is 6.61 Å². The van der Waals surface area contributed by atoms with Gasteiger partial charge >= 0.3 is 5.97 Å². The molecule has 0 amide bonds. The van der Waals surface area contributed by atoms with Crippen molar-refractivity contribution in [1.29, 1.82) is 5.26 Å². The van der Waals surface area contributed by atoms with Crippen LogP contribution in [0, 0.1) is 18.3 Å². The predicted molar refractivity (Wildman–Crippen MR) is 129 cm³/mol. The Hall–Kier alpha value is -4.24. The Morgan fingerprint density at radius 1 is 1.09 bits per heavy atom. The molecule has 4 rings (SSSR count). The highest BCUT2D eigenvalue weighted by Gasteiger charge is 2.31. The van der Waals surface area contributed by atoms with E-state index in [-0.39, 0.29) is 5.88 Å². The number of carbonyl (C=O) groups excluding carboxylic acids is 1. The number of ether oxygens (including phenoxy) is 3. The van der Waals surface area contributed by atoms with Crippen LogP contribution in [0.25, 0.3) is 0 Å². The molecule has 0 saturated heterocycles. The number of hydrogen-bond donors (Lipinski definition) is 1. The molecule has 2 N–H and O–H groups in total. The molecule has 34 heavy (non-hydrogen) atoms. The lowest BCUT2D eigenvalue weighted by Crippen LogP contribution is -2.21. The number of nitriles is 1. The smallest absolute Gasteiger partial charge is 0.343 e. The van der Waals surface area contributed by atoms with Gasteiger partial charge in [0.05, 0.1) is 18.1 Å². The van der Waals surface area contributed by atoms with Crippen molar-refractivity contribution in [3.05, 3.63) is 100 Å². The van der Waals surface area contributed by atoms with Crippen molar-refractivity contribution in [2.45, 2.75) is 32.6 Å². The highest BCUT2D eigenvalue weighted by atomic mass is 16.5. The van der Waals surface area contributed by atoms with Gasteiger partial charge in [0.2, 0.25) is 5.88 Å². The van der Waals surface area contributed by atoms with Crippen LogP contribution in [-0.2, 0) is 0 Å². The third kappa shape index (κ3) is 4.89. The molecule has 0 fully saturated rings. The Morgan fingerprint density at radius 2 is 1.85 bits per heavy atom. The molecule has 0 aliphatic carbocycles. The third-order valence-electron chi connectivity index (χ3n) is 5.63. The van der Waals surface area contributed by atoms with Crippen LogP contribution in [0.5, 0.6) is 17.2 Å². The quantitative estimate of drug-likeness (QED) is 0.283. The molecule has 6 nitrogen and oxygen atoms in total. The Labute approximate surface area is 199 Å². The Morgan fingerprint density at radius 3 is 2.56 bits per heavy atom. The summed E-state index contributed by atoms with van der Waals surface area (Å²) in [7, 11) is 0. The molecule has 3 aromatic carbocycles. The van der Waals surface area contributed by atoms with Crippen molar-refractivity contribution in [3.8, 4) is 23.3 Å². The molecule has 0 aromatic heterocycles. The zero-order valence-corrected chi connectivity index (χ0v) is 19.2. The van der Waals surface area contributed by atoms with Gasteiger partial charge in [-0.1, -0.05) is 49.2 Å². The lowest BCUT2D eigenvalue weighted by atomic mass is 9.83. The molecule has 1 aliphatic heterocycles. The number of allylic oxidation sites excluding steroid dienone is 1. The summed E-state index contributed by atoms with van der Waals surface area (Å²) >= 11 is 0. The van der Waals surface area contributed by atoms with Crippen LogP contribution >= 0.6 is 0 Å². The van der Waals surface area contributed by atoms with Crippen LogP contribution in [0.15, 0.2) is 78.2 Å². The van der Waals surface area contributed by atoms with E-state index in [1.54, 1.807) is 30.3 Å². The molecule has 1 unspecified atom stereocenters. The summed E-state index contributed by atoms with van der Waals surface area (Å²) in [6, 6.07) is 22.1. The molecule has 0 radical (unpaired) electrons. The van der Waals surface area contributed by atoms with E-state index in [9.17, 15) is 10.1 Å². The first kappa shape index (κ1) is 22.9. The standard InChI is InChI=1S/C28H26N2O4/c1-3-4-14-32-21-10-8-19(9-11-21)26-23-13-12-22(16-25(23)34-27(30)24(26)17-29)33-28(31)20-7-5-6-18(2)15-20/h5-13,15-16,26H,3-4,14,30H2,1-2H3. The third-order valence-corrected chi connectivity index (χ3v) is 5.63. The minimum absolute atomic E-state index is 0.0328. The van der Waals surface area contributed by atoms with E-state index in [4.69, 9.17) is 19.9 Å². The molecule has 0 bridgehead atoms. The maximum atomic E-state index is 12.6. The fourth-order valence-corrected chi connectivity index (χ4v) is 3.87. The van der Waals surface area contributed by atoms with Crippen LogP contribution in [-0.4, -0.2) is 12.6 Å². The van der Waals surface area contributed by atoms with Crippen LogP contribution < -0.4 is 19.9 Å². The number of carbonyl (C=O) groups is 1. The summed E-state index contributed by atoms with van der Waals surface area (Å²) in [6.45, 7) is 4.69. The number of nitrogens with two attached hydrogens (primary N) is 1. The van der Waals surface area contributed by atoms with Gasteiger partial charge in [-0.2, -0.15) is 5.26 Å². The number of hydrogen-bond acceptors (Lipinski definition) is 6. The van der Waals surface area contributed by atoms with Crippen molar-refractivity contribution in [1.82, 2.24) is 0 Å². The SMILES string of the molecule is CCCCOc1ccc(C2C(C#N)=C(N)Oc3cc(OC(=O)c4cccc(C)c4)ccc32)cc1. The topological polar surface area (TPSA) is 94.6 Å². The highest BCUT2D eigenvalue weighted by Crippen LogP contribution is 2.43. The summed E-state index contributed by atoms with van der Waals surface area (Å²) < 4.78 is 17.1. The van der Waals surface area contributed by atoms with Gasteiger partial charge < -0.3 is 19.9 Å². The first-order valence-electron chi connectivity index (χ1n) is 11.2. The van der Waals surface area contributed by atoms with Crippen molar-refractivity contribution in [2.24, 2.45) is 5.73 Å². The number of unbranched alkanes of at least 4 members (excludes halogenated alkanes) is 1. The second kappa shape index (κ2) is 10.1. The molecule has 3 aromatic rings. The first-order valence-corrected chi connectivity index (χ1v) is 11.2. The molecule has 1 aliphatic rings. The zero-order valence-electron chi connectivity index (χ0n) is 19.2. The summed E-state index contributed by atoms with van der Waals surface area (Å²) in [5, 5.41) is 9.78. The van der Waals surface area contributed by atoms with Crippen molar-refractivity contribution in [3.63, 3.8) is 0 Å². The number of esters is 1. The van der Waals surface area contributed by atoms with Crippen LogP contribution in [0.4, 0.5) is 0 Å².